The fourth-order valence-corrected chi connectivity index (χ4v) is 2.06. The molecule has 5 heteroatoms. The van der Waals surface area contributed by atoms with Crippen LogP contribution in [0, 0.1) is 0 Å². The molecule has 0 saturated heterocycles. The molecule has 4 nitrogen and oxygen atoms in total. The summed E-state index contributed by atoms with van der Waals surface area (Å²) in [5, 5.41) is 14.6. The Hall–Kier alpha value is -0.910. The highest BCUT2D eigenvalue weighted by Crippen LogP contribution is 2.20. The lowest BCUT2D eigenvalue weighted by Crippen LogP contribution is -2.28. The van der Waals surface area contributed by atoms with Crippen LogP contribution in [0.4, 0.5) is 5.69 Å². The van der Waals surface area contributed by atoms with Gasteiger partial charge in [-0.05, 0) is 47.4 Å². The summed E-state index contributed by atoms with van der Waals surface area (Å²) in [4.78, 5) is 11.7. The number of amides is 1. The highest BCUT2D eigenvalue weighted by molar-refractivity contribution is 9.10. The average Bonchev–Trinajstić information content (AvgIpc) is 2.40. The van der Waals surface area contributed by atoms with Crippen molar-refractivity contribution < 1.29 is 9.90 Å². The van der Waals surface area contributed by atoms with E-state index in [9.17, 15) is 4.79 Å². The van der Waals surface area contributed by atoms with E-state index in [1.165, 1.54) is 0 Å². The van der Waals surface area contributed by atoms with E-state index in [4.69, 9.17) is 5.11 Å². The van der Waals surface area contributed by atoms with Crippen LogP contribution in [-0.4, -0.2) is 30.7 Å². The number of aliphatic hydroxyl groups excluding tert-OH is 1. The molecule has 3 N–H and O–H groups in total. The van der Waals surface area contributed by atoms with Crippen LogP contribution in [0.1, 0.15) is 25.7 Å². The van der Waals surface area contributed by atoms with E-state index < -0.39 is 0 Å². The number of unbranched alkanes of at least 4 members (excludes halogenated alkanes) is 3. The average molecular weight is 329 g/mol. The van der Waals surface area contributed by atoms with Crippen LogP contribution >= 0.6 is 15.9 Å². The summed E-state index contributed by atoms with van der Waals surface area (Å²) in [5.41, 5.74) is 0.789. The summed E-state index contributed by atoms with van der Waals surface area (Å²) in [6, 6.07) is 7.54. The van der Waals surface area contributed by atoms with E-state index in [-0.39, 0.29) is 12.5 Å². The Morgan fingerprint density at radius 3 is 2.63 bits per heavy atom. The van der Waals surface area contributed by atoms with Crippen molar-refractivity contribution in [1.82, 2.24) is 5.32 Å². The number of para-hydroxylation sites is 1. The minimum atomic E-state index is -0.0396. The molecule has 0 spiro atoms. The summed E-state index contributed by atoms with van der Waals surface area (Å²) in [7, 11) is 0. The zero-order chi connectivity index (χ0) is 13.9. The number of hydrogen-bond acceptors (Lipinski definition) is 3. The van der Waals surface area contributed by atoms with Crippen molar-refractivity contribution in [3.8, 4) is 0 Å². The molecule has 0 aliphatic rings. The minimum absolute atomic E-state index is 0.0396. The number of rotatable bonds is 9. The lowest BCUT2D eigenvalue weighted by molar-refractivity contribution is -0.115. The van der Waals surface area contributed by atoms with Gasteiger partial charge in [0.1, 0.15) is 0 Å². The predicted molar refractivity (Wildman–Crippen MR) is 81.2 cm³/mol. The number of aliphatic hydroxyl groups is 1. The second-order valence-corrected chi connectivity index (χ2v) is 5.20. The van der Waals surface area contributed by atoms with Crippen LogP contribution in [0.25, 0.3) is 0 Å². The summed E-state index contributed by atoms with van der Waals surface area (Å²) in [6.07, 6.45) is 4.02. The second-order valence-electron chi connectivity index (χ2n) is 4.34. The Morgan fingerprint density at radius 1 is 1.16 bits per heavy atom. The molecular weight excluding hydrogens is 308 g/mol. The Labute approximate surface area is 122 Å². The van der Waals surface area contributed by atoms with Crippen LogP contribution in [0.15, 0.2) is 28.7 Å². The normalized spacial score (nSPS) is 10.4. The largest absolute Gasteiger partial charge is 0.396 e. The van der Waals surface area contributed by atoms with Crippen molar-refractivity contribution in [2.75, 3.05) is 25.0 Å². The minimum Gasteiger partial charge on any atom is -0.396 e. The van der Waals surface area contributed by atoms with E-state index >= 15 is 0 Å². The van der Waals surface area contributed by atoms with Crippen molar-refractivity contribution in [3.05, 3.63) is 28.7 Å². The van der Waals surface area contributed by atoms with E-state index in [0.29, 0.717) is 6.54 Å². The lowest BCUT2D eigenvalue weighted by atomic mass is 10.2. The van der Waals surface area contributed by atoms with Gasteiger partial charge in [0, 0.05) is 11.1 Å². The molecule has 0 fully saturated rings. The predicted octanol–water partition coefficient (Wildman–Crippen LogP) is 2.53. The molecule has 0 aliphatic carbocycles. The standard InChI is InChI=1S/C14H21BrN2O2/c15-12-7-3-4-8-13(12)17-14(19)11-16-9-5-1-2-6-10-18/h3-4,7-8,16,18H,1-2,5-6,9-11H2,(H,17,19). The zero-order valence-electron chi connectivity index (χ0n) is 11.0. The number of benzene rings is 1. The second kappa shape index (κ2) is 9.95. The topological polar surface area (TPSA) is 61.4 Å². The van der Waals surface area contributed by atoms with Crippen LogP contribution in [-0.2, 0) is 4.79 Å². The Kier molecular flexibility index (Phi) is 8.45. The molecular formula is C14H21BrN2O2. The zero-order valence-corrected chi connectivity index (χ0v) is 12.6. The van der Waals surface area contributed by atoms with Gasteiger partial charge in [-0.1, -0.05) is 25.0 Å². The first-order valence-electron chi connectivity index (χ1n) is 6.60. The van der Waals surface area contributed by atoms with Gasteiger partial charge in [-0.3, -0.25) is 4.79 Å². The molecule has 0 heterocycles. The molecule has 1 aromatic carbocycles. The van der Waals surface area contributed by atoms with Gasteiger partial charge in [-0.25, -0.2) is 0 Å². The van der Waals surface area contributed by atoms with Gasteiger partial charge in [0.05, 0.1) is 12.2 Å². The fraction of sp³-hybridized carbons (Fsp3) is 0.500. The molecule has 0 saturated carbocycles. The van der Waals surface area contributed by atoms with Crippen molar-refractivity contribution in [3.63, 3.8) is 0 Å². The quantitative estimate of drug-likeness (QED) is 0.610. The van der Waals surface area contributed by atoms with Crippen molar-refractivity contribution in [2.24, 2.45) is 0 Å². The maximum absolute atomic E-state index is 11.7. The van der Waals surface area contributed by atoms with E-state index in [1.807, 2.05) is 24.3 Å². The fourth-order valence-electron chi connectivity index (χ4n) is 1.67. The van der Waals surface area contributed by atoms with Gasteiger partial charge in [0.2, 0.25) is 5.91 Å². The maximum Gasteiger partial charge on any atom is 0.238 e. The Balaban J connectivity index is 2.10. The van der Waals surface area contributed by atoms with Crippen molar-refractivity contribution >= 4 is 27.5 Å². The summed E-state index contributed by atoms with van der Waals surface area (Å²) >= 11 is 3.39. The Morgan fingerprint density at radius 2 is 1.89 bits per heavy atom. The number of hydrogen-bond donors (Lipinski definition) is 3. The molecule has 0 atom stereocenters. The van der Waals surface area contributed by atoms with Gasteiger partial charge in [-0.15, -0.1) is 0 Å². The molecule has 0 unspecified atom stereocenters. The van der Waals surface area contributed by atoms with Crippen LogP contribution in [0.2, 0.25) is 0 Å². The Bertz CT molecular complexity index is 385. The smallest absolute Gasteiger partial charge is 0.238 e. The molecule has 19 heavy (non-hydrogen) atoms. The van der Waals surface area contributed by atoms with Crippen LogP contribution < -0.4 is 10.6 Å². The SMILES string of the molecule is O=C(CNCCCCCCO)Nc1ccccc1Br. The third-order valence-electron chi connectivity index (χ3n) is 2.70. The summed E-state index contributed by atoms with van der Waals surface area (Å²) in [6.45, 7) is 1.41. The highest BCUT2D eigenvalue weighted by atomic mass is 79.9. The summed E-state index contributed by atoms with van der Waals surface area (Å²) < 4.78 is 0.882. The highest BCUT2D eigenvalue weighted by Gasteiger charge is 2.03. The molecule has 0 aliphatic heterocycles. The molecule has 1 aromatic rings. The van der Waals surface area contributed by atoms with Crippen LogP contribution in [0.3, 0.4) is 0 Å². The van der Waals surface area contributed by atoms with Gasteiger partial charge < -0.3 is 15.7 Å². The first-order chi connectivity index (χ1) is 9.24. The molecule has 1 amide bonds. The number of carbonyl (C=O) groups is 1. The van der Waals surface area contributed by atoms with Gasteiger partial charge in [0.25, 0.3) is 0 Å². The van der Waals surface area contributed by atoms with Crippen molar-refractivity contribution in [1.29, 1.82) is 0 Å². The van der Waals surface area contributed by atoms with Gasteiger partial charge in [-0.2, -0.15) is 0 Å². The molecule has 0 aromatic heterocycles. The molecule has 0 radical (unpaired) electrons. The number of carbonyl (C=O) groups excluding carboxylic acids is 1. The lowest BCUT2D eigenvalue weighted by Gasteiger charge is -2.08. The van der Waals surface area contributed by atoms with Crippen molar-refractivity contribution in [2.45, 2.75) is 25.7 Å². The first-order valence-corrected chi connectivity index (χ1v) is 7.39. The van der Waals surface area contributed by atoms with E-state index in [1.54, 1.807) is 0 Å². The third-order valence-corrected chi connectivity index (χ3v) is 3.39. The monoisotopic (exact) mass is 328 g/mol. The number of halogens is 1. The molecule has 106 valence electrons. The van der Waals surface area contributed by atoms with Gasteiger partial charge >= 0.3 is 0 Å². The number of anilines is 1. The first kappa shape index (κ1) is 16.1. The molecule has 0 bridgehead atoms. The number of nitrogens with one attached hydrogen (secondary N) is 2. The van der Waals surface area contributed by atoms with Crippen LogP contribution in [0.5, 0.6) is 0 Å². The third kappa shape index (κ3) is 7.30. The summed E-state index contributed by atoms with van der Waals surface area (Å²) in [5.74, 6) is -0.0396. The maximum atomic E-state index is 11.7. The van der Waals surface area contributed by atoms with E-state index in [2.05, 4.69) is 26.6 Å². The van der Waals surface area contributed by atoms with Gasteiger partial charge in [0.15, 0.2) is 0 Å². The molecule has 1 rings (SSSR count). The van der Waals surface area contributed by atoms with E-state index in [0.717, 1.165) is 42.4 Å².